The molecule has 2 rings (SSSR count). The van der Waals surface area contributed by atoms with Crippen molar-refractivity contribution in [1.29, 1.82) is 0 Å². The summed E-state index contributed by atoms with van der Waals surface area (Å²) in [6.07, 6.45) is 4.69. The Morgan fingerprint density at radius 3 is 2.74 bits per heavy atom. The zero-order valence-electron chi connectivity index (χ0n) is 10.8. The molecule has 0 saturated heterocycles. The van der Waals surface area contributed by atoms with E-state index in [9.17, 15) is 4.79 Å². The molecule has 0 unspecified atom stereocenters. The van der Waals surface area contributed by atoms with E-state index in [0.717, 1.165) is 23.1 Å². The lowest BCUT2D eigenvalue weighted by Gasteiger charge is -2.06. The van der Waals surface area contributed by atoms with Gasteiger partial charge in [0.2, 0.25) is 0 Å². The number of imidazole rings is 1. The molecule has 4 nitrogen and oxygen atoms in total. The Balaban J connectivity index is 1.73. The maximum absolute atomic E-state index is 11.8. The van der Waals surface area contributed by atoms with Crippen molar-refractivity contribution in [2.75, 3.05) is 6.54 Å². The molecule has 0 bridgehead atoms. The molecule has 1 aromatic carbocycles. The smallest absolute Gasteiger partial charge is 0.251 e. The zero-order chi connectivity index (χ0) is 13.7. The van der Waals surface area contributed by atoms with E-state index in [1.807, 2.05) is 36.1 Å². The van der Waals surface area contributed by atoms with Gasteiger partial charge in [-0.25, -0.2) is 4.98 Å². The minimum Gasteiger partial charge on any atom is -0.352 e. The van der Waals surface area contributed by atoms with E-state index in [1.54, 1.807) is 12.1 Å². The molecule has 0 aliphatic rings. The molecular weight excluding hydrogens is 306 g/mol. The molecule has 19 heavy (non-hydrogen) atoms. The van der Waals surface area contributed by atoms with Gasteiger partial charge in [-0.05, 0) is 37.6 Å². The van der Waals surface area contributed by atoms with Gasteiger partial charge in [0.15, 0.2) is 0 Å². The van der Waals surface area contributed by atoms with Crippen LogP contribution >= 0.6 is 15.9 Å². The number of nitrogens with one attached hydrogen (secondary N) is 1. The van der Waals surface area contributed by atoms with Gasteiger partial charge < -0.3 is 9.88 Å². The first-order chi connectivity index (χ1) is 9.15. The predicted octanol–water partition coefficient (Wildman–Crippen LogP) is 2.77. The Morgan fingerprint density at radius 2 is 2.11 bits per heavy atom. The fourth-order valence-corrected chi connectivity index (χ4v) is 2.03. The molecule has 0 fully saturated rings. The Bertz CT molecular complexity index is 548. The maximum Gasteiger partial charge on any atom is 0.251 e. The summed E-state index contributed by atoms with van der Waals surface area (Å²) in [6, 6.07) is 7.34. The van der Waals surface area contributed by atoms with Gasteiger partial charge in [-0.3, -0.25) is 4.79 Å². The van der Waals surface area contributed by atoms with Gasteiger partial charge in [0.25, 0.3) is 5.91 Å². The van der Waals surface area contributed by atoms with Crippen molar-refractivity contribution in [3.63, 3.8) is 0 Å². The van der Waals surface area contributed by atoms with Crippen molar-refractivity contribution in [3.8, 4) is 0 Å². The summed E-state index contributed by atoms with van der Waals surface area (Å²) in [5.74, 6) is -0.0330. The number of hydrogen-bond donors (Lipinski definition) is 1. The standard InChI is InChI=1S/C14H16BrN3O/c1-11-9-18(10-17-11)8-2-7-16-14(19)12-3-5-13(15)6-4-12/h3-6,9-10H,2,7-8H2,1H3,(H,16,19). The van der Waals surface area contributed by atoms with Crippen LogP contribution in [-0.2, 0) is 6.54 Å². The molecule has 0 radical (unpaired) electrons. The summed E-state index contributed by atoms with van der Waals surface area (Å²) >= 11 is 3.35. The van der Waals surface area contributed by atoms with Crippen molar-refractivity contribution < 1.29 is 4.79 Å². The van der Waals surface area contributed by atoms with Crippen LogP contribution in [-0.4, -0.2) is 22.0 Å². The van der Waals surface area contributed by atoms with E-state index >= 15 is 0 Å². The zero-order valence-corrected chi connectivity index (χ0v) is 12.4. The van der Waals surface area contributed by atoms with Gasteiger partial charge in [-0.1, -0.05) is 15.9 Å². The summed E-state index contributed by atoms with van der Waals surface area (Å²) in [7, 11) is 0. The monoisotopic (exact) mass is 321 g/mol. The van der Waals surface area contributed by atoms with Gasteiger partial charge in [-0.15, -0.1) is 0 Å². The fourth-order valence-electron chi connectivity index (χ4n) is 1.76. The van der Waals surface area contributed by atoms with Crippen LogP contribution in [0.25, 0.3) is 0 Å². The van der Waals surface area contributed by atoms with Crippen LogP contribution in [0.4, 0.5) is 0 Å². The first-order valence-electron chi connectivity index (χ1n) is 6.17. The number of carbonyl (C=O) groups excluding carboxylic acids is 1. The number of aryl methyl sites for hydroxylation is 2. The maximum atomic E-state index is 11.8. The average molecular weight is 322 g/mol. The predicted molar refractivity (Wildman–Crippen MR) is 78.1 cm³/mol. The molecule has 1 N–H and O–H groups in total. The third-order valence-corrected chi connectivity index (χ3v) is 3.28. The molecule has 1 heterocycles. The van der Waals surface area contributed by atoms with Crippen LogP contribution in [0.3, 0.4) is 0 Å². The largest absolute Gasteiger partial charge is 0.352 e. The van der Waals surface area contributed by atoms with E-state index in [-0.39, 0.29) is 5.91 Å². The highest BCUT2D eigenvalue weighted by atomic mass is 79.9. The average Bonchev–Trinajstić information content (AvgIpc) is 2.81. The van der Waals surface area contributed by atoms with Crippen molar-refractivity contribution in [2.24, 2.45) is 0 Å². The van der Waals surface area contributed by atoms with Gasteiger partial charge in [0.05, 0.1) is 12.0 Å². The lowest BCUT2D eigenvalue weighted by Crippen LogP contribution is -2.25. The highest BCUT2D eigenvalue weighted by Gasteiger charge is 2.03. The van der Waals surface area contributed by atoms with Crippen LogP contribution in [0.15, 0.2) is 41.3 Å². The summed E-state index contributed by atoms with van der Waals surface area (Å²) in [5.41, 5.74) is 1.69. The molecule has 0 spiro atoms. The normalized spacial score (nSPS) is 10.4. The number of nitrogens with zero attached hydrogens (tertiary/aromatic N) is 2. The minimum absolute atomic E-state index is 0.0330. The summed E-state index contributed by atoms with van der Waals surface area (Å²) < 4.78 is 3.00. The lowest BCUT2D eigenvalue weighted by atomic mass is 10.2. The van der Waals surface area contributed by atoms with Crippen molar-refractivity contribution >= 4 is 21.8 Å². The Hall–Kier alpha value is -1.62. The topological polar surface area (TPSA) is 46.9 Å². The van der Waals surface area contributed by atoms with Crippen molar-refractivity contribution in [3.05, 3.63) is 52.5 Å². The third-order valence-electron chi connectivity index (χ3n) is 2.75. The number of halogens is 1. The second kappa shape index (κ2) is 6.52. The Labute approximate surface area is 121 Å². The van der Waals surface area contributed by atoms with Crippen LogP contribution in [0.1, 0.15) is 22.5 Å². The molecule has 1 amide bonds. The van der Waals surface area contributed by atoms with E-state index < -0.39 is 0 Å². The quantitative estimate of drug-likeness (QED) is 0.861. The fraction of sp³-hybridized carbons (Fsp3) is 0.286. The second-order valence-electron chi connectivity index (χ2n) is 4.37. The van der Waals surface area contributed by atoms with Crippen LogP contribution in [0.2, 0.25) is 0 Å². The first-order valence-corrected chi connectivity index (χ1v) is 6.96. The van der Waals surface area contributed by atoms with Crippen LogP contribution in [0, 0.1) is 6.92 Å². The van der Waals surface area contributed by atoms with Gasteiger partial charge >= 0.3 is 0 Å². The van der Waals surface area contributed by atoms with Gasteiger partial charge in [0.1, 0.15) is 0 Å². The molecule has 1 aromatic heterocycles. The van der Waals surface area contributed by atoms with Crippen molar-refractivity contribution in [2.45, 2.75) is 19.9 Å². The molecule has 0 saturated carbocycles. The highest BCUT2D eigenvalue weighted by Crippen LogP contribution is 2.10. The van der Waals surface area contributed by atoms with E-state index in [0.29, 0.717) is 12.1 Å². The number of amides is 1. The van der Waals surface area contributed by atoms with Crippen molar-refractivity contribution in [1.82, 2.24) is 14.9 Å². The van der Waals surface area contributed by atoms with Crippen LogP contribution < -0.4 is 5.32 Å². The Morgan fingerprint density at radius 1 is 1.37 bits per heavy atom. The molecule has 2 aromatic rings. The number of carbonyl (C=O) groups is 1. The first kappa shape index (κ1) is 13.8. The summed E-state index contributed by atoms with van der Waals surface area (Å²) in [4.78, 5) is 16.0. The summed E-state index contributed by atoms with van der Waals surface area (Å²) in [6.45, 7) is 3.49. The molecule has 0 aliphatic heterocycles. The number of hydrogen-bond acceptors (Lipinski definition) is 2. The van der Waals surface area contributed by atoms with Gasteiger partial charge in [-0.2, -0.15) is 0 Å². The van der Waals surface area contributed by atoms with E-state index in [1.165, 1.54) is 0 Å². The molecule has 100 valence electrons. The molecular formula is C14H16BrN3O. The van der Waals surface area contributed by atoms with Crippen LogP contribution in [0.5, 0.6) is 0 Å². The molecule has 0 atom stereocenters. The van der Waals surface area contributed by atoms with E-state index in [4.69, 9.17) is 0 Å². The second-order valence-corrected chi connectivity index (χ2v) is 5.28. The highest BCUT2D eigenvalue weighted by molar-refractivity contribution is 9.10. The number of rotatable bonds is 5. The molecule has 5 heteroatoms. The molecule has 0 aliphatic carbocycles. The lowest BCUT2D eigenvalue weighted by molar-refractivity contribution is 0.0952. The third kappa shape index (κ3) is 4.21. The van der Waals surface area contributed by atoms with Gasteiger partial charge in [0, 0.05) is 29.3 Å². The number of benzene rings is 1. The summed E-state index contributed by atoms with van der Waals surface area (Å²) in [5, 5.41) is 2.91. The SMILES string of the molecule is Cc1cn(CCCNC(=O)c2ccc(Br)cc2)cn1. The Kier molecular flexibility index (Phi) is 4.74. The van der Waals surface area contributed by atoms with E-state index in [2.05, 4.69) is 26.2 Å². The minimum atomic E-state index is -0.0330. The number of aromatic nitrogens is 2.